The summed E-state index contributed by atoms with van der Waals surface area (Å²) in [6.45, 7) is 7.77. The number of hydrogen-bond donors (Lipinski definition) is 0. The molecule has 0 spiro atoms. The lowest BCUT2D eigenvalue weighted by Crippen LogP contribution is -2.05. The fourth-order valence-electron chi connectivity index (χ4n) is 1.75. The van der Waals surface area contributed by atoms with Crippen molar-refractivity contribution in [1.82, 2.24) is 0 Å². The van der Waals surface area contributed by atoms with E-state index in [0.29, 0.717) is 6.61 Å². The number of epoxide rings is 1. The predicted octanol–water partition coefficient (Wildman–Crippen LogP) is 2.64. The van der Waals surface area contributed by atoms with Crippen LogP contribution in [0.25, 0.3) is 0 Å². The van der Waals surface area contributed by atoms with Gasteiger partial charge in [-0.05, 0) is 44.0 Å². The lowest BCUT2D eigenvalue weighted by atomic mass is 9.97. The first-order valence-corrected chi connectivity index (χ1v) is 5.03. The van der Waals surface area contributed by atoms with E-state index < -0.39 is 0 Å². The monoisotopic (exact) mass is 192 g/mol. The highest BCUT2D eigenvalue weighted by Crippen LogP contribution is 2.40. The largest absolute Gasteiger partial charge is 0.494 e. The first kappa shape index (κ1) is 9.53. The van der Waals surface area contributed by atoms with Crippen LogP contribution in [-0.4, -0.2) is 13.2 Å². The zero-order chi connectivity index (χ0) is 10.2. The van der Waals surface area contributed by atoms with Crippen molar-refractivity contribution in [2.24, 2.45) is 0 Å². The Hall–Kier alpha value is -1.02. The molecule has 1 unspecified atom stereocenters. The maximum absolute atomic E-state index is 5.43. The summed E-state index contributed by atoms with van der Waals surface area (Å²) in [5, 5.41) is 0. The third kappa shape index (κ3) is 1.62. The number of benzene rings is 1. The van der Waals surface area contributed by atoms with Gasteiger partial charge in [-0.15, -0.1) is 0 Å². The number of ether oxygens (including phenoxy) is 2. The Morgan fingerprint density at radius 3 is 2.71 bits per heavy atom. The lowest BCUT2D eigenvalue weighted by Gasteiger charge is -2.11. The molecule has 0 radical (unpaired) electrons. The number of aryl methyl sites for hydroxylation is 1. The van der Waals surface area contributed by atoms with Crippen molar-refractivity contribution in [2.45, 2.75) is 26.4 Å². The average molecular weight is 192 g/mol. The molecule has 0 N–H and O–H groups in total. The van der Waals surface area contributed by atoms with E-state index in [-0.39, 0.29) is 5.60 Å². The van der Waals surface area contributed by atoms with Gasteiger partial charge < -0.3 is 9.47 Å². The van der Waals surface area contributed by atoms with E-state index in [0.717, 1.165) is 12.4 Å². The van der Waals surface area contributed by atoms with Crippen LogP contribution in [0.3, 0.4) is 0 Å². The van der Waals surface area contributed by atoms with E-state index >= 15 is 0 Å². The lowest BCUT2D eigenvalue weighted by molar-refractivity contribution is 0.326. The van der Waals surface area contributed by atoms with Gasteiger partial charge in [0.25, 0.3) is 0 Å². The molecule has 1 atom stereocenters. The van der Waals surface area contributed by atoms with Gasteiger partial charge in [-0.3, -0.25) is 0 Å². The van der Waals surface area contributed by atoms with Gasteiger partial charge in [0, 0.05) is 0 Å². The Bertz CT molecular complexity index is 340. The second-order valence-electron chi connectivity index (χ2n) is 3.93. The third-order valence-corrected chi connectivity index (χ3v) is 2.66. The Kier molecular flexibility index (Phi) is 2.23. The Morgan fingerprint density at radius 2 is 2.21 bits per heavy atom. The molecule has 14 heavy (non-hydrogen) atoms. The first-order valence-electron chi connectivity index (χ1n) is 5.03. The molecule has 1 fully saturated rings. The van der Waals surface area contributed by atoms with Crippen LogP contribution in [-0.2, 0) is 10.3 Å². The molecule has 1 saturated heterocycles. The molecule has 1 heterocycles. The fourth-order valence-corrected chi connectivity index (χ4v) is 1.75. The Balaban J connectivity index is 2.27. The highest BCUT2D eigenvalue weighted by molar-refractivity contribution is 5.39. The van der Waals surface area contributed by atoms with Crippen LogP contribution in [0.2, 0.25) is 0 Å². The summed E-state index contributed by atoms with van der Waals surface area (Å²) in [7, 11) is 0. The fraction of sp³-hybridized carbons (Fsp3) is 0.500. The molecule has 1 aromatic rings. The summed E-state index contributed by atoms with van der Waals surface area (Å²) < 4.78 is 10.9. The SMILES string of the molecule is CCOc1ccc(C2(C)CO2)c(C)c1. The second kappa shape index (κ2) is 3.28. The summed E-state index contributed by atoms with van der Waals surface area (Å²) in [5.41, 5.74) is 2.49. The second-order valence-corrected chi connectivity index (χ2v) is 3.93. The molecule has 0 saturated carbocycles. The van der Waals surface area contributed by atoms with Crippen LogP contribution in [0.15, 0.2) is 18.2 Å². The highest BCUT2D eigenvalue weighted by Gasteiger charge is 2.42. The van der Waals surface area contributed by atoms with E-state index in [2.05, 4.69) is 26.0 Å². The summed E-state index contributed by atoms with van der Waals surface area (Å²) >= 11 is 0. The van der Waals surface area contributed by atoms with Gasteiger partial charge in [0.1, 0.15) is 11.4 Å². The molecular formula is C12H16O2. The van der Waals surface area contributed by atoms with E-state index in [1.54, 1.807) is 0 Å². The van der Waals surface area contributed by atoms with Crippen molar-refractivity contribution in [2.75, 3.05) is 13.2 Å². The van der Waals surface area contributed by atoms with Crippen LogP contribution >= 0.6 is 0 Å². The molecule has 2 rings (SSSR count). The van der Waals surface area contributed by atoms with Crippen molar-refractivity contribution >= 4 is 0 Å². The van der Waals surface area contributed by atoms with Crippen LogP contribution in [0.1, 0.15) is 25.0 Å². The Morgan fingerprint density at radius 1 is 1.50 bits per heavy atom. The zero-order valence-electron chi connectivity index (χ0n) is 8.96. The minimum Gasteiger partial charge on any atom is -0.494 e. The van der Waals surface area contributed by atoms with E-state index in [1.165, 1.54) is 11.1 Å². The summed E-state index contributed by atoms with van der Waals surface area (Å²) in [6.07, 6.45) is 0. The van der Waals surface area contributed by atoms with Crippen molar-refractivity contribution in [3.05, 3.63) is 29.3 Å². The summed E-state index contributed by atoms with van der Waals surface area (Å²) in [6, 6.07) is 6.19. The molecule has 1 aliphatic heterocycles. The van der Waals surface area contributed by atoms with Crippen LogP contribution in [0.5, 0.6) is 5.75 Å². The van der Waals surface area contributed by atoms with Gasteiger partial charge in [-0.1, -0.05) is 6.07 Å². The predicted molar refractivity (Wildman–Crippen MR) is 55.7 cm³/mol. The number of rotatable bonds is 3. The van der Waals surface area contributed by atoms with Crippen molar-refractivity contribution < 1.29 is 9.47 Å². The van der Waals surface area contributed by atoms with E-state index in [1.807, 2.05) is 13.0 Å². The van der Waals surface area contributed by atoms with Gasteiger partial charge in [-0.2, -0.15) is 0 Å². The zero-order valence-corrected chi connectivity index (χ0v) is 8.96. The van der Waals surface area contributed by atoms with Gasteiger partial charge in [0.2, 0.25) is 0 Å². The van der Waals surface area contributed by atoms with Gasteiger partial charge in [0.15, 0.2) is 0 Å². The number of hydrogen-bond acceptors (Lipinski definition) is 2. The topological polar surface area (TPSA) is 21.8 Å². The maximum atomic E-state index is 5.43. The van der Waals surface area contributed by atoms with Gasteiger partial charge in [0.05, 0.1) is 13.2 Å². The van der Waals surface area contributed by atoms with Gasteiger partial charge in [-0.25, -0.2) is 0 Å². The average Bonchev–Trinajstić information content (AvgIpc) is 2.85. The minimum absolute atomic E-state index is 0.0329. The van der Waals surface area contributed by atoms with Crippen molar-refractivity contribution in [3.8, 4) is 5.75 Å². The van der Waals surface area contributed by atoms with Crippen LogP contribution in [0.4, 0.5) is 0 Å². The van der Waals surface area contributed by atoms with E-state index in [4.69, 9.17) is 9.47 Å². The molecule has 2 heteroatoms. The molecule has 1 aliphatic rings. The molecule has 76 valence electrons. The molecule has 0 amide bonds. The summed E-state index contributed by atoms with van der Waals surface area (Å²) in [5.74, 6) is 0.943. The molecule has 0 aliphatic carbocycles. The first-order chi connectivity index (χ1) is 6.65. The molecule has 0 bridgehead atoms. The maximum Gasteiger partial charge on any atom is 0.119 e. The third-order valence-electron chi connectivity index (χ3n) is 2.66. The Labute approximate surface area is 84.8 Å². The highest BCUT2D eigenvalue weighted by atomic mass is 16.6. The van der Waals surface area contributed by atoms with Crippen LogP contribution < -0.4 is 4.74 Å². The molecule has 2 nitrogen and oxygen atoms in total. The summed E-state index contributed by atoms with van der Waals surface area (Å²) in [4.78, 5) is 0. The van der Waals surface area contributed by atoms with Gasteiger partial charge >= 0.3 is 0 Å². The standard InChI is InChI=1S/C12H16O2/c1-4-13-10-5-6-11(9(2)7-10)12(3)8-14-12/h5-7H,4,8H2,1-3H3. The molecule has 0 aromatic heterocycles. The van der Waals surface area contributed by atoms with E-state index in [9.17, 15) is 0 Å². The minimum atomic E-state index is -0.0329. The molecular weight excluding hydrogens is 176 g/mol. The van der Waals surface area contributed by atoms with Crippen molar-refractivity contribution in [3.63, 3.8) is 0 Å². The normalized spacial score (nSPS) is 24.8. The van der Waals surface area contributed by atoms with Crippen LogP contribution in [0, 0.1) is 6.92 Å². The molecule has 1 aromatic carbocycles. The quantitative estimate of drug-likeness (QED) is 0.687. The van der Waals surface area contributed by atoms with Crippen molar-refractivity contribution in [1.29, 1.82) is 0 Å². The smallest absolute Gasteiger partial charge is 0.119 e.